The second-order valence-corrected chi connectivity index (χ2v) is 10.8. The molecule has 44 heavy (non-hydrogen) atoms. The van der Waals surface area contributed by atoms with Crippen molar-refractivity contribution in [1.82, 2.24) is 0 Å². The molecule has 0 amide bonds. The SMILES string of the molecule is CCC[C@H]1CC[C@H](CCc2ccc(C(=O)C(F)(F)C(F)(F)C(F)(F)C(F)(F)C(F)(F)C(F)(F)C(F)(F)C(F)(F)F)cc2)CC1. The first-order valence-corrected chi connectivity index (χ1v) is 13.0. The molecule has 0 N–H and O–H groups in total. The molecule has 1 aliphatic rings. The van der Waals surface area contributed by atoms with Crippen molar-refractivity contribution in [3.8, 4) is 0 Å². The Morgan fingerprint density at radius 2 is 0.932 bits per heavy atom. The van der Waals surface area contributed by atoms with Crippen molar-refractivity contribution in [2.75, 3.05) is 0 Å². The van der Waals surface area contributed by atoms with Crippen LogP contribution in [-0.4, -0.2) is 53.4 Å². The molecule has 1 nitrogen and oxygen atoms in total. The Hall–Kier alpha value is -2.30. The molecule has 1 aromatic carbocycles. The van der Waals surface area contributed by atoms with E-state index in [4.69, 9.17) is 0 Å². The smallest absolute Gasteiger partial charge is 0.287 e. The van der Waals surface area contributed by atoms with Crippen LogP contribution >= 0.6 is 0 Å². The molecule has 0 atom stereocenters. The van der Waals surface area contributed by atoms with Gasteiger partial charge in [0.25, 0.3) is 0 Å². The summed E-state index contributed by atoms with van der Waals surface area (Å²) in [6, 6.07) is 2.57. The van der Waals surface area contributed by atoms with Crippen molar-refractivity contribution in [3.05, 3.63) is 35.4 Å². The maximum Gasteiger partial charge on any atom is 0.460 e. The Kier molecular flexibility index (Phi) is 10.5. The molecular formula is C26H25F17O. The van der Waals surface area contributed by atoms with Gasteiger partial charge in [0.15, 0.2) is 0 Å². The first kappa shape index (κ1) is 37.9. The van der Waals surface area contributed by atoms with Gasteiger partial charge in [-0.2, -0.15) is 74.6 Å². The number of alkyl halides is 17. The van der Waals surface area contributed by atoms with Gasteiger partial charge in [-0.1, -0.05) is 69.7 Å². The van der Waals surface area contributed by atoms with Crippen LogP contribution < -0.4 is 0 Å². The Balaban J connectivity index is 2.30. The summed E-state index contributed by atoms with van der Waals surface area (Å²) in [5, 5.41) is 0. The van der Waals surface area contributed by atoms with Crippen LogP contribution in [-0.2, 0) is 6.42 Å². The molecule has 0 radical (unpaired) electrons. The Bertz CT molecular complexity index is 1130. The molecule has 0 aliphatic heterocycles. The molecule has 2 rings (SSSR count). The van der Waals surface area contributed by atoms with Crippen LogP contribution in [0.3, 0.4) is 0 Å². The molecule has 1 fully saturated rings. The molecule has 1 aromatic rings. The van der Waals surface area contributed by atoms with Gasteiger partial charge < -0.3 is 0 Å². The number of rotatable bonds is 13. The minimum atomic E-state index is -8.73. The van der Waals surface area contributed by atoms with Crippen LogP contribution in [0.5, 0.6) is 0 Å². The van der Waals surface area contributed by atoms with Gasteiger partial charge in [0.1, 0.15) is 0 Å². The van der Waals surface area contributed by atoms with Crippen molar-refractivity contribution in [1.29, 1.82) is 0 Å². The number of hydrogen-bond donors (Lipinski definition) is 0. The average molecular weight is 676 g/mol. The summed E-state index contributed by atoms with van der Waals surface area (Å²) in [4.78, 5) is 12.0. The Labute approximate surface area is 239 Å². The number of carbonyl (C=O) groups is 1. The highest BCUT2D eigenvalue weighted by molar-refractivity contribution is 6.02. The fourth-order valence-corrected chi connectivity index (χ4v) is 4.90. The van der Waals surface area contributed by atoms with Gasteiger partial charge in [-0.3, -0.25) is 4.79 Å². The number of halogens is 17. The van der Waals surface area contributed by atoms with Gasteiger partial charge in [-0.25, -0.2) is 0 Å². The maximum atomic E-state index is 14.3. The molecule has 254 valence electrons. The number of carbonyl (C=O) groups excluding carboxylic acids is 1. The highest BCUT2D eigenvalue weighted by atomic mass is 19.4. The Morgan fingerprint density at radius 3 is 1.32 bits per heavy atom. The number of aryl methyl sites for hydroxylation is 1. The molecule has 1 saturated carbocycles. The molecule has 0 unspecified atom stereocenters. The molecule has 0 aromatic heterocycles. The van der Waals surface area contributed by atoms with E-state index in [2.05, 4.69) is 0 Å². The minimum absolute atomic E-state index is 0.276. The number of benzene rings is 1. The van der Waals surface area contributed by atoms with E-state index in [0.29, 0.717) is 30.0 Å². The second kappa shape index (κ2) is 12.1. The third-order valence-corrected chi connectivity index (χ3v) is 7.73. The molecular weight excluding hydrogens is 651 g/mol. The zero-order valence-electron chi connectivity index (χ0n) is 22.5. The molecule has 0 bridgehead atoms. The minimum Gasteiger partial charge on any atom is -0.287 e. The van der Waals surface area contributed by atoms with Crippen molar-refractivity contribution in [2.24, 2.45) is 11.8 Å². The summed E-state index contributed by atoms with van der Waals surface area (Å²) < 4.78 is 229. The second-order valence-electron chi connectivity index (χ2n) is 10.8. The highest BCUT2D eigenvalue weighted by Crippen LogP contribution is 2.64. The molecule has 0 heterocycles. The van der Waals surface area contributed by atoms with Crippen molar-refractivity contribution < 1.29 is 79.4 Å². The summed E-state index contributed by atoms with van der Waals surface area (Å²) in [7, 11) is 0. The van der Waals surface area contributed by atoms with E-state index in [9.17, 15) is 79.4 Å². The summed E-state index contributed by atoms with van der Waals surface area (Å²) in [6.45, 7) is 2.05. The summed E-state index contributed by atoms with van der Waals surface area (Å²) in [5.41, 5.74) is -1.23. The lowest BCUT2D eigenvalue weighted by Crippen LogP contribution is -2.75. The first-order chi connectivity index (χ1) is 19.6. The summed E-state index contributed by atoms with van der Waals surface area (Å²) >= 11 is 0. The Morgan fingerprint density at radius 1 is 0.568 bits per heavy atom. The van der Waals surface area contributed by atoms with E-state index in [0.717, 1.165) is 50.7 Å². The lowest BCUT2D eigenvalue weighted by Gasteiger charge is -2.42. The van der Waals surface area contributed by atoms with Crippen LogP contribution in [0, 0.1) is 11.8 Å². The molecule has 18 heteroatoms. The lowest BCUT2D eigenvalue weighted by atomic mass is 9.78. The average Bonchev–Trinajstić information content (AvgIpc) is 2.91. The fraction of sp³-hybridized carbons (Fsp3) is 0.731. The van der Waals surface area contributed by atoms with E-state index in [1.54, 1.807) is 0 Å². The fourth-order valence-electron chi connectivity index (χ4n) is 4.90. The predicted octanol–water partition coefficient (Wildman–Crippen LogP) is 10.4. The van der Waals surface area contributed by atoms with E-state index in [1.165, 1.54) is 0 Å². The van der Waals surface area contributed by atoms with E-state index in [-0.39, 0.29) is 12.3 Å². The first-order valence-electron chi connectivity index (χ1n) is 13.0. The van der Waals surface area contributed by atoms with Crippen molar-refractivity contribution >= 4 is 5.78 Å². The van der Waals surface area contributed by atoms with Crippen molar-refractivity contribution in [2.45, 2.75) is 106 Å². The number of ketones is 1. The van der Waals surface area contributed by atoms with E-state index < -0.39 is 59.0 Å². The zero-order valence-corrected chi connectivity index (χ0v) is 22.5. The monoisotopic (exact) mass is 676 g/mol. The third-order valence-electron chi connectivity index (χ3n) is 7.73. The lowest BCUT2D eigenvalue weighted by molar-refractivity contribution is -0.459. The van der Waals surface area contributed by atoms with Gasteiger partial charge in [0, 0.05) is 5.56 Å². The quantitative estimate of drug-likeness (QED) is 0.150. The largest absolute Gasteiger partial charge is 0.460 e. The van der Waals surface area contributed by atoms with Crippen LogP contribution in [0.25, 0.3) is 0 Å². The summed E-state index contributed by atoms with van der Waals surface area (Å²) in [5.74, 6) is -60.5. The van der Waals surface area contributed by atoms with Gasteiger partial charge in [0.05, 0.1) is 0 Å². The van der Waals surface area contributed by atoms with Crippen LogP contribution in [0.15, 0.2) is 24.3 Å². The number of hydrogen-bond acceptors (Lipinski definition) is 1. The normalized spacial score (nSPS) is 20.1. The van der Waals surface area contributed by atoms with E-state index in [1.807, 2.05) is 6.92 Å². The maximum absolute atomic E-state index is 14.3. The standard InChI is InChI=1S/C26H25F17O/c1-2-3-14-4-6-15(7-5-14)8-9-16-10-12-17(13-11-16)18(44)19(27,28)20(29,30)21(31,32)22(33,34)23(35,36)24(37,38)25(39,40)26(41,42)43/h10-15H,2-9H2,1H3/t14-,15-. The van der Waals surface area contributed by atoms with Gasteiger partial charge in [-0.05, 0) is 30.2 Å². The highest BCUT2D eigenvalue weighted by Gasteiger charge is 2.95. The topological polar surface area (TPSA) is 17.1 Å². The molecule has 0 spiro atoms. The van der Waals surface area contributed by atoms with Crippen LogP contribution in [0.1, 0.15) is 67.8 Å². The summed E-state index contributed by atoms with van der Waals surface area (Å²) in [6.07, 6.45) is -1.14. The molecule has 1 aliphatic carbocycles. The predicted molar refractivity (Wildman–Crippen MR) is 120 cm³/mol. The number of Topliss-reactive ketones (excluding diaryl/α,β-unsaturated/α-hetero) is 1. The van der Waals surface area contributed by atoms with Crippen LogP contribution in [0.4, 0.5) is 74.6 Å². The molecule has 0 saturated heterocycles. The zero-order chi connectivity index (χ0) is 34.4. The van der Waals surface area contributed by atoms with Crippen molar-refractivity contribution in [3.63, 3.8) is 0 Å². The van der Waals surface area contributed by atoms with E-state index >= 15 is 0 Å². The van der Waals surface area contributed by atoms with Gasteiger partial charge in [0.2, 0.25) is 5.78 Å². The van der Waals surface area contributed by atoms with Crippen LogP contribution in [0.2, 0.25) is 0 Å². The third kappa shape index (κ3) is 6.10. The van der Waals surface area contributed by atoms with Gasteiger partial charge in [-0.15, -0.1) is 0 Å². The van der Waals surface area contributed by atoms with Gasteiger partial charge >= 0.3 is 47.6 Å².